The average Bonchev–Trinajstić information content (AvgIpc) is 2.98. The Morgan fingerprint density at radius 1 is 0.333 bits per heavy atom. The molecule has 0 saturated carbocycles. The van der Waals surface area contributed by atoms with E-state index in [1.807, 2.05) is 0 Å². The minimum atomic E-state index is 0.721. The van der Waals surface area contributed by atoms with E-state index in [0.717, 1.165) is 16.7 Å². The summed E-state index contributed by atoms with van der Waals surface area (Å²) in [5.74, 6) is 7.46. The third-order valence-electron chi connectivity index (χ3n) is 5.90. The fraction of sp³-hybridized carbons (Fsp3) is 0. The maximum atomic E-state index is 5.21. The van der Waals surface area contributed by atoms with Crippen LogP contribution >= 0.6 is 67.8 Å². The van der Waals surface area contributed by atoms with Gasteiger partial charge in [-0.15, -0.1) is 19.3 Å². The molecular formula is C36H21I3. The molecule has 0 aliphatic rings. The summed E-state index contributed by atoms with van der Waals surface area (Å²) >= 11 is 7.06. The number of benzene rings is 5. The zero-order valence-corrected chi connectivity index (χ0v) is 27.2. The molecule has 0 aromatic heterocycles. The summed E-state index contributed by atoms with van der Waals surface area (Å²) in [4.78, 5) is 0. The molecule has 5 aromatic rings. The van der Waals surface area contributed by atoms with E-state index in [-0.39, 0.29) is 0 Å². The monoisotopic (exact) mass is 834 g/mol. The summed E-state index contributed by atoms with van der Waals surface area (Å²) in [6, 6.07) is 38.3. The van der Waals surface area contributed by atoms with Gasteiger partial charge < -0.3 is 0 Å². The van der Waals surface area contributed by atoms with Crippen LogP contribution in [-0.2, 0) is 0 Å². The Morgan fingerprint density at radius 2 is 0.564 bits per heavy atom. The van der Waals surface area contributed by atoms with Gasteiger partial charge in [0.25, 0.3) is 0 Å². The highest BCUT2D eigenvalue weighted by Gasteiger charge is 2.08. The summed E-state index contributed by atoms with van der Waals surface area (Å²) in [5, 5.41) is 0. The lowest BCUT2D eigenvalue weighted by Crippen LogP contribution is -1.87. The van der Waals surface area contributed by atoms with Crippen LogP contribution in [0.2, 0.25) is 0 Å². The first-order valence-electron chi connectivity index (χ1n) is 11.9. The molecule has 0 atom stereocenters. The fourth-order valence-electron chi connectivity index (χ4n) is 3.93. The van der Waals surface area contributed by atoms with Gasteiger partial charge in [-0.2, -0.15) is 0 Å². The lowest BCUT2D eigenvalue weighted by Gasteiger charge is -2.12. The molecular weight excluding hydrogens is 813 g/mol. The smallest absolute Gasteiger partial charge is 0.0267 e. The van der Waals surface area contributed by atoms with Gasteiger partial charge in [-0.1, -0.05) is 54.2 Å². The molecule has 0 bridgehead atoms. The average molecular weight is 834 g/mol. The summed E-state index contributed by atoms with van der Waals surface area (Å²) < 4.78 is 3.76. The van der Waals surface area contributed by atoms with Crippen molar-refractivity contribution in [2.75, 3.05) is 0 Å². The Balaban J connectivity index is 0.000000247. The van der Waals surface area contributed by atoms with Gasteiger partial charge in [-0.05, 0) is 174 Å². The summed E-state index contributed by atoms with van der Waals surface area (Å²) in [5.41, 5.74) is 9.64. The van der Waals surface area contributed by atoms with Crippen molar-refractivity contribution in [1.82, 2.24) is 0 Å². The quantitative estimate of drug-likeness (QED) is 0.126. The van der Waals surface area contributed by atoms with Crippen molar-refractivity contribution in [2.45, 2.75) is 0 Å². The van der Waals surface area contributed by atoms with Crippen molar-refractivity contribution >= 4 is 67.8 Å². The van der Waals surface area contributed by atoms with E-state index in [1.54, 1.807) is 18.2 Å². The molecule has 39 heavy (non-hydrogen) atoms. The Morgan fingerprint density at radius 3 is 0.769 bits per heavy atom. The number of terminal acetylenes is 3. The molecule has 0 aliphatic carbocycles. The SMILES string of the molecule is C#Cc1cc(C#C)cc(C#C)c1.Ic1ccc(-c2cc(-c3ccc(I)cc3)cc(-c3ccc(I)cc3)c2)cc1. The molecule has 0 unspecified atom stereocenters. The molecule has 0 heterocycles. The van der Waals surface area contributed by atoms with Gasteiger partial charge in [0.05, 0.1) is 0 Å². The Kier molecular flexibility index (Phi) is 10.3. The van der Waals surface area contributed by atoms with Crippen LogP contribution in [0.5, 0.6) is 0 Å². The Hall–Kier alpha value is -3.03. The molecule has 186 valence electrons. The third-order valence-corrected chi connectivity index (χ3v) is 8.06. The molecule has 0 saturated heterocycles. The van der Waals surface area contributed by atoms with Gasteiger partial charge in [0, 0.05) is 27.4 Å². The van der Waals surface area contributed by atoms with Crippen molar-refractivity contribution in [1.29, 1.82) is 0 Å². The van der Waals surface area contributed by atoms with Crippen molar-refractivity contribution in [3.05, 3.63) is 137 Å². The Labute approximate surface area is 272 Å². The third kappa shape index (κ3) is 7.99. The van der Waals surface area contributed by atoms with Gasteiger partial charge in [-0.3, -0.25) is 0 Å². The minimum absolute atomic E-state index is 0.721. The van der Waals surface area contributed by atoms with E-state index < -0.39 is 0 Å². The van der Waals surface area contributed by atoms with Crippen molar-refractivity contribution < 1.29 is 0 Å². The van der Waals surface area contributed by atoms with Gasteiger partial charge in [0.1, 0.15) is 0 Å². The van der Waals surface area contributed by atoms with Crippen molar-refractivity contribution in [3.8, 4) is 70.4 Å². The van der Waals surface area contributed by atoms with E-state index in [2.05, 4.69) is 177 Å². The van der Waals surface area contributed by atoms with Gasteiger partial charge in [-0.25, -0.2) is 0 Å². The Bertz CT molecular complexity index is 1490. The topological polar surface area (TPSA) is 0 Å². The second-order valence-electron chi connectivity index (χ2n) is 8.55. The zero-order chi connectivity index (χ0) is 27.8. The second-order valence-corrected chi connectivity index (χ2v) is 12.3. The summed E-state index contributed by atoms with van der Waals surface area (Å²) in [6.45, 7) is 0. The van der Waals surface area contributed by atoms with E-state index in [0.29, 0.717) is 0 Å². The maximum absolute atomic E-state index is 5.21. The van der Waals surface area contributed by atoms with Crippen LogP contribution in [0, 0.1) is 47.7 Å². The van der Waals surface area contributed by atoms with Gasteiger partial charge >= 0.3 is 0 Å². The van der Waals surface area contributed by atoms with Crippen LogP contribution in [-0.4, -0.2) is 0 Å². The van der Waals surface area contributed by atoms with Crippen LogP contribution in [0.15, 0.2) is 109 Å². The summed E-state index contributed by atoms with van der Waals surface area (Å²) in [7, 11) is 0. The van der Waals surface area contributed by atoms with Gasteiger partial charge in [0.15, 0.2) is 0 Å². The maximum Gasteiger partial charge on any atom is 0.0267 e. The van der Waals surface area contributed by atoms with Crippen LogP contribution < -0.4 is 0 Å². The minimum Gasteiger partial charge on any atom is -0.115 e. The lowest BCUT2D eigenvalue weighted by molar-refractivity contribution is 1.54. The second kappa shape index (κ2) is 13.9. The van der Waals surface area contributed by atoms with Crippen molar-refractivity contribution in [3.63, 3.8) is 0 Å². The van der Waals surface area contributed by atoms with Crippen LogP contribution in [0.1, 0.15) is 16.7 Å². The van der Waals surface area contributed by atoms with Crippen molar-refractivity contribution in [2.24, 2.45) is 0 Å². The molecule has 0 fully saturated rings. The first-order chi connectivity index (χ1) is 18.9. The highest BCUT2D eigenvalue weighted by Crippen LogP contribution is 2.33. The molecule has 0 N–H and O–H groups in total. The standard InChI is InChI=1S/C24H15I3.C12H6/c25-22-7-1-16(2-8-22)19-13-20(17-3-9-23(26)10-4-17)15-21(14-19)18-5-11-24(27)12-6-18;1-4-10-7-11(5-2)9-12(6-3)8-10/h1-15H;1-3,7-9H. The highest BCUT2D eigenvalue weighted by molar-refractivity contribution is 14.1. The number of hydrogen-bond acceptors (Lipinski definition) is 0. The predicted molar refractivity (Wildman–Crippen MR) is 191 cm³/mol. The van der Waals surface area contributed by atoms with E-state index in [9.17, 15) is 0 Å². The number of rotatable bonds is 3. The van der Waals surface area contributed by atoms with Crippen LogP contribution in [0.25, 0.3) is 33.4 Å². The molecule has 5 rings (SSSR count). The predicted octanol–water partition coefficient (Wildman–Crippen LogP) is 10.1. The van der Waals surface area contributed by atoms with E-state index in [1.165, 1.54) is 44.1 Å². The zero-order valence-electron chi connectivity index (χ0n) is 20.8. The van der Waals surface area contributed by atoms with E-state index in [4.69, 9.17) is 19.3 Å². The molecule has 0 spiro atoms. The molecule has 0 radical (unpaired) electrons. The molecule has 0 amide bonds. The first-order valence-corrected chi connectivity index (χ1v) is 15.1. The molecule has 3 heteroatoms. The molecule has 0 aliphatic heterocycles. The fourth-order valence-corrected chi connectivity index (χ4v) is 5.01. The molecule has 5 aromatic carbocycles. The number of hydrogen-bond donors (Lipinski definition) is 0. The normalized spacial score (nSPS) is 9.85. The van der Waals surface area contributed by atoms with Crippen LogP contribution in [0.3, 0.4) is 0 Å². The summed E-state index contributed by atoms with van der Waals surface area (Å²) in [6.07, 6.45) is 15.6. The van der Waals surface area contributed by atoms with Gasteiger partial charge in [0.2, 0.25) is 0 Å². The number of halogens is 3. The van der Waals surface area contributed by atoms with E-state index >= 15 is 0 Å². The first kappa shape index (κ1) is 29.0. The molecule has 0 nitrogen and oxygen atoms in total. The van der Waals surface area contributed by atoms with Crippen LogP contribution in [0.4, 0.5) is 0 Å². The highest BCUT2D eigenvalue weighted by atomic mass is 127. The lowest BCUT2D eigenvalue weighted by atomic mass is 9.93. The largest absolute Gasteiger partial charge is 0.115 e.